The van der Waals surface area contributed by atoms with Gasteiger partial charge in [-0.3, -0.25) is 14.7 Å². The van der Waals surface area contributed by atoms with Gasteiger partial charge in [-0.05, 0) is 54.3 Å². The lowest BCUT2D eigenvalue weighted by molar-refractivity contribution is -0.384. The fourth-order valence-corrected chi connectivity index (χ4v) is 4.12. The molecule has 0 spiro atoms. The van der Waals surface area contributed by atoms with E-state index in [9.17, 15) is 28.2 Å². The first-order valence-corrected chi connectivity index (χ1v) is 11.7. The second-order valence-electron chi connectivity index (χ2n) is 7.61. The molecule has 0 amide bonds. The zero-order valence-electron chi connectivity index (χ0n) is 18.6. The number of nitrogens with two attached hydrogens (primary N) is 1. The van der Waals surface area contributed by atoms with Crippen molar-refractivity contribution in [3.8, 4) is 5.75 Å². The average molecular weight is 507 g/mol. The molecule has 36 heavy (non-hydrogen) atoms. The molecule has 0 radical (unpaired) electrons. The maximum absolute atomic E-state index is 12.1. The van der Waals surface area contributed by atoms with Crippen LogP contribution in [0, 0.1) is 17.0 Å². The minimum absolute atomic E-state index is 0.0220. The SMILES string of the molecule is Cc1cc2cc(S(=O)(=O)O)c(N=Nc3ccccc3)c(O)c2c(N)c1N=Nc1ccc([N+](=O)[O-])cc1. The number of aryl methyl sites for hydroxylation is 1. The molecule has 0 unspecified atom stereocenters. The standard InChI is InChI=1S/C23H18N6O6S/c1-13-11-14-12-18(36(33,34)35)22(28-25-15-5-3-2-4-6-15)23(30)19(14)20(24)21(13)27-26-16-7-9-17(10-8-16)29(31)32/h2-12,30H,24H2,1H3,(H,33,34,35). The molecule has 182 valence electrons. The zero-order valence-corrected chi connectivity index (χ0v) is 19.4. The highest BCUT2D eigenvalue weighted by Crippen LogP contribution is 2.47. The van der Waals surface area contributed by atoms with E-state index >= 15 is 0 Å². The van der Waals surface area contributed by atoms with E-state index in [0.29, 0.717) is 16.9 Å². The van der Waals surface area contributed by atoms with Crippen LogP contribution in [0.5, 0.6) is 5.75 Å². The molecule has 12 nitrogen and oxygen atoms in total. The number of non-ortho nitro benzene ring substituents is 1. The number of rotatable bonds is 6. The number of benzene rings is 4. The van der Waals surface area contributed by atoms with Gasteiger partial charge in [-0.1, -0.05) is 18.2 Å². The smallest absolute Gasteiger partial charge is 0.296 e. The van der Waals surface area contributed by atoms with E-state index < -0.39 is 31.4 Å². The molecule has 13 heteroatoms. The van der Waals surface area contributed by atoms with E-state index in [1.54, 1.807) is 37.3 Å². The monoisotopic (exact) mass is 506 g/mol. The summed E-state index contributed by atoms with van der Waals surface area (Å²) < 4.78 is 33.9. The van der Waals surface area contributed by atoms with Crippen molar-refractivity contribution in [1.29, 1.82) is 0 Å². The predicted octanol–water partition coefficient (Wildman–Crippen LogP) is 6.42. The third kappa shape index (κ3) is 4.87. The number of phenols is 1. The molecule has 4 aromatic rings. The molecule has 0 fully saturated rings. The third-order valence-corrected chi connectivity index (χ3v) is 6.03. The summed E-state index contributed by atoms with van der Waals surface area (Å²) in [4.78, 5) is 9.64. The van der Waals surface area contributed by atoms with Crippen LogP contribution in [-0.2, 0) is 10.1 Å². The highest BCUT2D eigenvalue weighted by atomic mass is 32.2. The number of aromatic hydroxyl groups is 1. The molecule has 0 aromatic heterocycles. The Labute approximate surface area is 204 Å². The lowest BCUT2D eigenvalue weighted by Gasteiger charge is -2.13. The fraction of sp³-hybridized carbons (Fsp3) is 0.0435. The first-order valence-electron chi connectivity index (χ1n) is 10.3. The van der Waals surface area contributed by atoms with Crippen LogP contribution < -0.4 is 5.73 Å². The predicted molar refractivity (Wildman–Crippen MR) is 132 cm³/mol. The lowest BCUT2D eigenvalue weighted by Crippen LogP contribution is -2.00. The van der Waals surface area contributed by atoms with Gasteiger partial charge in [0.1, 0.15) is 16.3 Å². The zero-order chi connectivity index (χ0) is 26.0. The number of fused-ring (bicyclic) bond motifs is 1. The molecular weight excluding hydrogens is 488 g/mol. The van der Waals surface area contributed by atoms with Gasteiger partial charge in [0.2, 0.25) is 0 Å². The van der Waals surface area contributed by atoms with E-state index in [1.807, 2.05) is 0 Å². The Kier molecular flexibility index (Phi) is 6.42. The highest BCUT2D eigenvalue weighted by molar-refractivity contribution is 7.86. The van der Waals surface area contributed by atoms with Gasteiger partial charge in [0.15, 0.2) is 5.75 Å². The number of anilines is 1. The maximum atomic E-state index is 12.1. The Morgan fingerprint density at radius 2 is 1.47 bits per heavy atom. The van der Waals surface area contributed by atoms with Crippen molar-refractivity contribution in [2.75, 3.05) is 5.73 Å². The topological polar surface area (TPSA) is 193 Å². The van der Waals surface area contributed by atoms with Gasteiger partial charge >= 0.3 is 0 Å². The van der Waals surface area contributed by atoms with E-state index in [0.717, 1.165) is 6.07 Å². The molecule has 0 bridgehead atoms. The van der Waals surface area contributed by atoms with E-state index in [1.165, 1.54) is 30.3 Å². The first-order chi connectivity index (χ1) is 17.1. The van der Waals surface area contributed by atoms with Crippen LogP contribution in [-0.4, -0.2) is 23.0 Å². The van der Waals surface area contributed by atoms with Gasteiger partial charge in [-0.15, -0.1) is 10.2 Å². The Bertz CT molecular complexity index is 1650. The Balaban J connectivity index is 1.87. The van der Waals surface area contributed by atoms with Crippen molar-refractivity contribution in [3.63, 3.8) is 0 Å². The summed E-state index contributed by atoms with van der Waals surface area (Å²) in [5.74, 6) is -0.621. The van der Waals surface area contributed by atoms with E-state index in [2.05, 4.69) is 20.5 Å². The second kappa shape index (κ2) is 9.48. The fourth-order valence-electron chi connectivity index (χ4n) is 3.46. The number of hydrogen-bond acceptors (Lipinski definition) is 10. The quantitative estimate of drug-likeness (QED) is 0.0881. The number of azo groups is 2. The molecule has 0 aliphatic heterocycles. The molecule has 0 heterocycles. The van der Waals surface area contributed by atoms with Gasteiger partial charge in [0.25, 0.3) is 15.8 Å². The first kappa shape index (κ1) is 24.4. The molecule has 0 aliphatic carbocycles. The number of nitro benzene ring substituents is 1. The summed E-state index contributed by atoms with van der Waals surface area (Å²) >= 11 is 0. The normalized spacial score (nSPS) is 12.1. The van der Waals surface area contributed by atoms with Gasteiger partial charge in [-0.2, -0.15) is 18.6 Å². The van der Waals surface area contributed by atoms with E-state index in [-0.39, 0.29) is 27.8 Å². The lowest BCUT2D eigenvalue weighted by atomic mass is 10.0. The summed E-state index contributed by atoms with van der Waals surface area (Å²) in [5.41, 5.74) is 7.05. The largest absolute Gasteiger partial charge is 0.505 e. The third-order valence-electron chi connectivity index (χ3n) is 5.17. The van der Waals surface area contributed by atoms with E-state index in [4.69, 9.17) is 5.73 Å². The summed E-state index contributed by atoms with van der Waals surface area (Å²) in [6.07, 6.45) is 0. The molecule has 4 aromatic carbocycles. The molecule has 4 N–H and O–H groups in total. The molecule has 4 rings (SSSR count). The number of nitrogens with zero attached hydrogens (tertiary/aromatic N) is 5. The van der Waals surface area contributed by atoms with Crippen LogP contribution in [0.25, 0.3) is 10.8 Å². The van der Waals surface area contributed by atoms with Crippen molar-refractivity contribution < 1.29 is 23.0 Å². The number of nitrogen functional groups attached to an aromatic ring is 1. The van der Waals surface area contributed by atoms with Gasteiger partial charge in [0, 0.05) is 12.1 Å². The van der Waals surface area contributed by atoms with Crippen LogP contribution >= 0.6 is 0 Å². The maximum Gasteiger partial charge on any atom is 0.296 e. The summed E-state index contributed by atoms with van der Waals surface area (Å²) in [7, 11) is -4.79. The Hall–Kier alpha value is -4.75. The molecule has 0 aliphatic rings. The van der Waals surface area contributed by atoms with Crippen molar-refractivity contribution in [1.82, 2.24) is 0 Å². The van der Waals surface area contributed by atoms with Crippen molar-refractivity contribution in [2.45, 2.75) is 11.8 Å². The van der Waals surface area contributed by atoms with Gasteiger partial charge in [0.05, 0.1) is 27.4 Å². The second-order valence-corrected chi connectivity index (χ2v) is 9.00. The van der Waals surface area contributed by atoms with Crippen LogP contribution in [0.1, 0.15) is 5.56 Å². The van der Waals surface area contributed by atoms with Crippen LogP contribution in [0.15, 0.2) is 92.1 Å². The van der Waals surface area contributed by atoms with Gasteiger partial charge < -0.3 is 10.8 Å². The van der Waals surface area contributed by atoms with Crippen LogP contribution in [0.4, 0.5) is 34.1 Å². The summed E-state index contributed by atoms with van der Waals surface area (Å²) in [6.45, 7) is 1.65. The Morgan fingerprint density at radius 3 is 2.06 bits per heavy atom. The number of nitro groups is 1. The van der Waals surface area contributed by atoms with Gasteiger partial charge in [-0.25, -0.2) is 0 Å². The van der Waals surface area contributed by atoms with Crippen molar-refractivity contribution in [2.24, 2.45) is 20.5 Å². The Morgan fingerprint density at radius 1 is 0.889 bits per heavy atom. The average Bonchev–Trinajstić information content (AvgIpc) is 2.83. The van der Waals surface area contributed by atoms with Crippen molar-refractivity contribution >= 4 is 55.0 Å². The minimum atomic E-state index is -4.79. The number of hydrogen-bond donors (Lipinski definition) is 3. The molecule has 0 saturated heterocycles. The minimum Gasteiger partial charge on any atom is -0.505 e. The molecule has 0 atom stereocenters. The summed E-state index contributed by atoms with van der Waals surface area (Å²) in [5, 5.41) is 38.1. The van der Waals surface area contributed by atoms with Crippen LogP contribution in [0.2, 0.25) is 0 Å². The van der Waals surface area contributed by atoms with Crippen LogP contribution in [0.3, 0.4) is 0 Å². The van der Waals surface area contributed by atoms with Crippen molar-refractivity contribution in [3.05, 3.63) is 82.4 Å². The summed E-state index contributed by atoms with van der Waals surface area (Å²) in [6, 6.07) is 16.4. The molecule has 0 saturated carbocycles. The number of phenolic OH excluding ortho intramolecular Hbond substituents is 1. The highest BCUT2D eigenvalue weighted by Gasteiger charge is 2.24. The molecular formula is C23H18N6O6S.